The lowest BCUT2D eigenvalue weighted by Gasteiger charge is -2.15. The number of nitrogens with zero attached hydrogens (tertiary/aromatic N) is 2. The molecule has 4 N–H and O–H groups in total. The van der Waals surface area contributed by atoms with Crippen molar-refractivity contribution < 1.29 is 9.90 Å². The second-order valence-corrected chi connectivity index (χ2v) is 5.97. The molecule has 0 fully saturated rings. The number of carbonyl (C=O) groups excluding carboxylic acids is 1. The van der Waals surface area contributed by atoms with Crippen molar-refractivity contribution in [2.45, 2.75) is 13.0 Å². The molecule has 0 spiro atoms. The van der Waals surface area contributed by atoms with Gasteiger partial charge in [-0.15, -0.1) is 5.10 Å². The zero-order valence-electron chi connectivity index (χ0n) is 12.5. The number of H-pyrrole nitrogens is 1. The Bertz CT molecular complexity index is 912. The molecule has 0 aliphatic carbocycles. The smallest absolute Gasteiger partial charge is 0.320 e. The van der Waals surface area contributed by atoms with Gasteiger partial charge in [0.05, 0.1) is 27.0 Å². The maximum absolute atomic E-state index is 12.1. The van der Waals surface area contributed by atoms with Crippen LogP contribution in [0.2, 0.25) is 10.0 Å². The van der Waals surface area contributed by atoms with Gasteiger partial charge in [-0.2, -0.15) is 0 Å². The largest absolute Gasteiger partial charge is 0.492 e. The molecule has 124 valence electrons. The molecule has 3 rings (SSSR count). The molecule has 9 heteroatoms. The number of aromatic nitrogens is 3. The number of carbonyl (C=O) groups is 1. The number of pyridine rings is 1. The van der Waals surface area contributed by atoms with Crippen LogP contribution < -0.4 is 10.6 Å². The van der Waals surface area contributed by atoms with Gasteiger partial charge in [-0.3, -0.25) is 10.4 Å². The van der Waals surface area contributed by atoms with E-state index in [-0.39, 0.29) is 11.9 Å². The third-order valence-corrected chi connectivity index (χ3v) is 4.20. The average Bonchev–Trinajstić information content (AvgIpc) is 2.90. The third kappa shape index (κ3) is 3.37. The number of benzene rings is 1. The molecule has 0 saturated heterocycles. The van der Waals surface area contributed by atoms with E-state index in [1.165, 1.54) is 6.20 Å². The number of aromatic amines is 1. The SMILES string of the molecule is C[C@@H](NC(=O)Nc1cc2[nH]nc(O)c2cn1)c1ccc(Cl)c(Cl)c1. The Labute approximate surface area is 147 Å². The van der Waals surface area contributed by atoms with Gasteiger partial charge in [0.1, 0.15) is 5.82 Å². The number of anilines is 1. The van der Waals surface area contributed by atoms with Gasteiger partial charge >= 0.3 is 6.03 Å². The van der Waals surface area contributed by atoms with E-state index in [4.69, 9.17) is 23.2 Å². The fourth-order valence-corrected chi connectivity index (χ4v) is 2.49. The highest BCUT2D eigenvalue weighted by molar-refractivity contribution is 6.42. The Hall–Kier alpha value is -2.51. The van der Waals surface area contributed by atoms with Gasteiger partial charge in [0.2, 0.25) is 5.88 Å². The van der Waals surface area contributed by atoms with Crippen LogP contribution in [0.4, 0.5) is 10.6 Å². The normalized spacial score (nSPS) is 12.1. The van der Waals surface area contributed by atoms with Crippen LogP contribution in [0.3, 0.4) is 0 Å². The molecule has 0 radical (unpaired) electrons. The predicted molar refractivity (Wildman–Crippen MR) is 92.6 cm³/mol. The quantitative estimate of drug-likeness (QED) is 0.565. The lowest BCUT2D eigenvalue weighted by Crippen LogP contribution is -2.31. The minimum Gasteiger partial charge on any atom is -0.492 e. The second kappa shape index (κ2) is 6.54. The zero-order chi connectivity index (χ0) is 17.3. The van der Waals surface area contributed by atoms with Crippen molar-refractivity contribution in [3.05, 3.63) is 46.1 Å². The number of nitrogens with one attached hydrogen (secondary N) is 3. The minimum atomic E-state index is -0.427. The Morgan fingerprint density at radius 3 is 2.83 bits per heavy atom. The maximum Gasteiger partial charge on any atom is 0.320 e. The number of hydrogen-bond acceptors (Lipinski definition) is 4. The summed E-state index contributed by atoms with van der Waals surface area (Å²) in [6.45, 7) is 1.82. The highest BCUT2D eigenvalue weighted by Crippen LogP contribution is 2.26. The topological polar surface area (TPSA) is 103 Å². The summed E-state index contributed by atoms with van der Waals surface area (Å²) in [7, 11) is 0. The summed E-state index contributed by atoms with van der Waals surface area (Å²) in [5, 5.41) is 22.5. The van der Waals surface area contributed by atoms with Crippen LogP contribution in [-0.2, 0) is 0 Å². The molecule has 2 amide bonds. The Morgan fingerprint density at radius 1 is 1.29 bits per heavy atom. The van der Waals surface area contributed by atoms with E-state index in [9.17, 15) is 9.90 Å². The van der Waals surface area contributed by atoms with Crippen LogP contribution in [0, 0.1) is 0 Å². The molecule has 3 aromatic rings. The van der Waals surface area contributed by atoms with Gasteiger partial charge in [0, 0.05) is 12.3 Å². The van der Waals surface area contributed by atoms with Crippen molar-refractivity contribution in [2.75, 3.05) is 5.32 Å². The summed E-state index contributed by atoms with van der Waals surface area (Å²) in [5.41, 5.74) is 1.39. The molecule has 0 unspecified atom stereocenters. The van der Waals surface area contributed by atoms with Crippen LogP contribution in [0.15, 0.2) is 30.5 Å². The van der Waals surface area contributed by atoms with Gasteiger partial charge < -0.3 is 10.4 Å². The highest BCUT2D eigenvalue weighted by Gasteiger charge is 2.12. The van der Waals surface area contributed by atoms with Gasteiger partial charge in [-0.05, 0) is 24.6 Å². The molecule has 1 atom stereocenters. The van der Waals surface area contributed by atoms with E-state index in [1.807, 2.05) is 6.92 Å². The van der Waals surface area contributed by atoms with Gasteiger partial charge in [0.15, 0.2) is 0 Å². The number of halogens is 2. The number of aromatic hydroxyl groups is 1. The number of urea groups is 1. The maximum atomic E-state index is 12.1. The Kier molecular flexibility index (Phi) is 4.46. The monoisotopic (exact) mass is 365 g/mol. The summed E-state index contributed by atoms with van der Waals surface area (Å²) < 4.78 is 0. The molecule has 0 aliphatic rings. The van der Waals surface area contributed by atoms with E-state index in [2.05, 4.69) is 25.8 Å². The van der Waals surface area contributed by atoms with Crippen LogP contribution in [-0.4, -0.2) is 26.3 Å². The molecular formula is C15H13Cl2N5O2. The molecule has 2 heterocycles. The minimum absolute atomic E-state index is 0.137. The van der Waals surface area contributed by atoms with E-state index in [0.717, 1.165) is 5.56 Å². The van der Waals surface area contributed by atoms with Crippen LogP contribution in [0.25, 0.3) is 10.9 Å². The number of amides is 2. The zero-order valence-corrected chi connectivity index (χ0v) is 14.0. The summed E-state index contributed by atoms with van der Waals surface area (Å²) >= 11 is 11.9. The van der Waals surface area contributed by atoms with Crippen molar-refractivity contribution in [1.82, 2.24) is 20.5 Å². The first kappa shape index (κ1) is 16.4. The van der Waals surface area contributed by atoms with Gasteiger partial charge in [-0.25, -0.2) is 9.78 Å². The summed E-state index contributed by atoms with van der Waals surface area (Å²) in [6, 6.07) is 6.04. The number of fused-ring (bicyclic) bond motifs is 1. The molecule has 0 saturated carbocycles. The van der Waals surface area contributed by atoms with E-state index < -0.39 is 6.03 Å². The van der Waals surface area contributed by atoms with Crippen molar-refractivity contribution in [3.8, 4) is 5.88 Å². The molecular weight excluding hydrogens is 353 g/mol. The standard InChI is InChI=1S/C15H13Cl2N5O2/c1-7(8-2-3-10(16)11(17)4-8)19-15(24)20-13-5-12-9(6-18-13)14(23)22-21-12/h2-7H,1H3,(H2,21,22,23)(H2,18,19,20,24)/t7-/m1/s1. The molecule has 0 aliphatic heterocycles. The van der Waals surface area contributed by atoms with Crippen molar-refractivity contribution in [2.24, 2.45) is 0 Å². The van der Waals surface area contributed by atoms with E-state index in [0.29, 0.717) is 26.8 Å². The predicted octanol–water partition coefficient (Wildman–Crippen LogP) is 3.85. The third-order valence-electron chi connectivity index (χ3n) is 3.46. The lowest BCUT2D eigenvalue weighted by molar-refractivity contribution is 0.249. The fourth-order valence-electron chi connectivity index (χ4n) is 2.18. The number of rotatable bonds is 3. The molecule has 24 heavy (non-hydrogen) atoms. The van der Waals surface area contributed by atoms with Crippen molar-refractivity contribution in [3.63, 3.8) is 0 Å². The summed E-state index contributed by atoms with van der Waals surface area (Å²) in [5.74, 6) is 0.187. The molecule has 7 nitrogen and oxygen atoms in total. The Morgan fingerprint density at radius 2 is 2.08 bits per heavy atom. The molecule has 1 aromatic carbocycles. The van der Waals surface area contributed by atoms with Crippen molar-refractivity contribution >= 4 is 46.0 Å². The molecule has 0 bridgehead atoms. The van der Waals surface area contributed by atoms with Crippen molar-refractivity contribution in [1.29, 1.82) is 0 Å². The lowest BCUT2D eigenvalue weighted by atomic mass is 10.1. The first-order chi connectivity index (χ1) is 11.4. The first-order valence-electron chi connectivity index (χ1n) is 6.99. The first-order valence-corrected chi connectivity index (χ1v) is 7.75. The highest BCUT2D eigenvalue weighted by atomic mass is 35.5. The second-order valence-electron chi connectivity index (χ2n) is 5.16. The van der Waals surface area contributed by atoms with Gasteiger partial charge in [0.25, 0.3) is 0 Å². The summed E-state index contributed by atoms with van der Waals surface area (Å²) in [4.78, 5) is 16.1. The summed E-state index contributed by atoms with van der Waals surface area (Å²) in [6.07, 6.45) is 1.42. The molecule has 2 aromatic heterocycles. The Balaban J connectivity index is 1.68. The van der Waals surface area contributed by atoms with Crippen LogP contribution in [0.5, 0.6) is 5.88 Å². The average molecular weight is 366 g/mol. The fraction of sp³-hybridized carbons (Fsp3) is 0.133. The van der Waals surface area contributed by atoms with E-state index >= 15 is 0 Å². The van der Waals surface area contributed by atoms with Crippen LogP contribution >= 0.6 is 23.2 Å². The number of hydrogen-bond donors (Lipinski definition) is 4. The van der Waals surface area contributed by atoms with E-state index in [1.54, 1.807) is 24.3 Å². The van der Waals surface area contributed by atoms with Crippen LogP contribution in [0.1, 0.15) is 18.5 Å². The van der Waals surface area contributed by atoms with Gasteiger partial charge in [-0.1, -0.05) is 29.3 Å².